The zero-order chi connectivity index (χ0) is 15.7. The lowest BCUT2D eigenvalue weighted by Crippen LogP contribution is -2.28. The number of carboxylic acid groups (broad SMARTS) is 1. The minimum absolute atomic E-state index is 0.448. The van der Waals surface area contributed by atoms with Crippen LogP contribution >= 0.6 is 0 Å². The highest BCUT2D eigenvalue weighted by atomic mass is 16.5. The summed E-state index contributed by atoms with van der Waals surface area (Å²) in [6.45, 7) is 3.88. The summed E-state index contributed by atoms with van der Waals surface area (Å²) in [6.07, 6.45) is 3.15. The maximum atomic E-state index is 10.6. The molecule has 0 aliphatic carbocycles. The molecule has 0 saturated carbocycles. The van der Waals surface area contributed by atoms with Crippen LogP contribution in [0.15, 0.2) is 24.3 Å². The van der Waals surface area contributed by atoms with E-state index in [4.69, 9.17) is 15.1 Å². The average molecular weight is 288 g/mol. The Balaban J connectivity index is 2.91. The number of aliphatic carboxylic acids is 1. The predicted octanol–water partition coefficient (Wildman–Crippen LogP) is 2.46. The number of hydrogen-bond acceptors (Lipinski definition) is 4. The molecule has 1 N–H and O–H groups in total. The van der Waals surface area contributed by atoms with E-state index in [2.05, 4.69) is 11.0 Å². The monoisotopic (exact) mass is 288 g/mol. The first-order valence-electron chi connectivity index (χ1n) is 6.71. The van der Waals surface area contributed by atoms with Crippen LogP contribution in [0.4, 0.5) is 5.69 Å². The molecule has 0 aliphatic heterocycles. The number of nitrogens with zero attached hydrogens (tertiary/aromatic N) is 2. The molecule has 0 aromatic heterocycles. The van der Waals surface area contributed by atoms with E-state index >= 15 is 0 Å². The molecule has 0 radical (unpaired) electrons. The molecular weight excluding hydrogens is 268 g/mol. The van der Waals surface area contributed by atoms with Crippen LogP contribution in [0.2, 0.25) is 0 Å². The van der Waals surface area contributed by atoms with Crippen molar-refractivity contribution in [2.75, 3.05) is 31.7 Å². The molecule has 0 unspecified atom stereocenters. The fourth-order valence-corrected chi connectivity index (χ4v) is 1.96. The van der Waals surface area contributed by atoms with Gasteiger partial charge in [-0.2, -0.15) is 5.26 Å². The highest BCUT2D eigenvalue weighted by Gasteiger charge is 2.07. The number of anilines is 1. The molecule has 0 atom stereocenters. The van der Waals surface area contributed by atoms with Gasteiger partial charge in [0.1, 0.15) is 0 Å². The summed E-state index contributed by atoms with van der Waals surface area (Å²) >= 11 is 0. The van der Waals surface area contributed by atoms with Crippen molar-refractivity contribution in [1.29, 1.82) is 5.26 Å². The fraction of sp³-hybridized carbons (Fsp3) is 0.375. The molecule has 0 amide bonds. The van der Waals surface area contributed by atoms with Crippen LogP contribution in [0.1, 0.15) is 17.5 Å². The second-order valence-electron chi connectivity index (χ2n) is 4.60. The lowest BCUT2D eigenvalue weighted by atomic mass is 10.1. The first-order chi connectivity index (χ1) is 10.1. The molecule has 0 fully saturated rings. The van der Waals surface area contributed by atoms with E-state index in [1.165, 1.54) is 0 Å². The number of hydrogen-bond donors (Lipinski definition) is 1. The first-order valence-corrected chi connectivity index (χ1v) is 6.71. The largest absolute Gasteiger partial charge is 0.478 e. The molecule has 21 heavy (non-hydrogen) atoms. The molecule has 0 spiro atoms. The van der Waals surface area contributed by atoms with Crippen LogP contribution in [0, 0.1) is 18.3 Å². The maximum Gasteiger partial charge on any atom is 0.328 e. The van der Waals surface area contributed by atoms with Gasteiger partial charge in [-0.25, -0.2) is 4.79 Å². The zero-order valence-corrected chi connectivity index (χ0v) is 12.4. The minimum Gasteiger partial charge on any atom is -0.478 e. The summed E-state index contributed by atoms with van der Waals surface area (Å²) in [7, 11) is 1.65. The number of benzene rings is 1. The Bertz CT molecular complexity index is 547. The van der Waals surface area contributed by atoms with Gasteiger partial charge < -0.3 is 14.7 Å². The van der Waals surface area contributed by atoms with E-state index in [1.807, 2.05) is 25.1 Å². The summed E-state index contributed by atoms with van der Waals surface area (Å²) in [4.78, 5) is 12.6. The maximum absolute atomic E-state index is 10.6. The molecule has 1 rings (SSSR count). The van der Waals surface area contributed by atoms with Crippen molar-refractivity contribution in [1.82, 2.24) is 0 Å². The molecule has 112 valence electrons. The summed E-state index contributed by atoms with van der Waals surface area (Å²) < 4.78 is 5.09. The first kappa shape index (κ1) is 16.7. The second kappa shape index (κ2) is 8.77. The van der Waals surface area contributed by atoms with Crippen molar-refractivity contribution in [3.05, 3.63) is 35.4 Å². The van der Waals surface area contributed by atoms with Crippen molar-refractivity contribution in [3.8, 4) is 6.07 Å². The quantitative estimate of drug-likeness (QED) is 0.744. The zero-order valence-electron chi connectivity index (χ0n) is 12.4. The number of carbonyl (C=O) groups is 1. The van der Waals surface area contributed by atoms with Crippen molar-refractivity contribution >= 4 is 17.7 Å². The lowest BCUT2D eigenvalue weighted by molar-refractivity contribution is -0.131. The Kier molecular flexibility index (Phi) is 6.99. The normalized spacial score (nSPS) is 10.5. The molecule has 1 aromatic carbocycles. The number of rotatable bonds is 8. The Labute approximate surface area is 125 Å². The van der Waals surface area contributed by atoms with Crippen LogP contribution in [-0.4, -0.2) is 37.9 Å². The van der Waals surface area contributed by atoms with E-state index in [0.29, 0.717) is 26.1 Å². The van der Waals surface area contributed by atoms with E-state index in [1.54, 1.807) is 13.2 Å². The molecule has 0 aliphatic rings. The van der Waals surface area contributed by atoms with Gasteiger partial charge in [0.05, 0.1) is 19.1 Å². The van der Waals surface area contributed by atoms with Gasteiger partial charge in [-0.15, -0.1) is 0 Å². The topological polar surface area (TPSA) is 73.6 Å². The van der Waals surface area contributed by atoms with Gasteiger partial charge in [-0.05, 0) is 36.3 Å². The second-order valence-corrected chi connectivity index (χ2v) is 4.60. The molecule has 0 saturated heterocycles. The molecule has 5 heteroatoms. The van der Waals surface area contributed by atoms with Gasteiger partial charge in [0, 0.05) is 32.0 Å². The van der Waals surface area contributed by atoms with Crippen LogP contribution < -0.4 is 4.90 Å². The third-order valence-corrected chi connectivity index (χ3v) is 3.08. The summed E-state index contributed by atoms with van der Waals surface area (Å²) in [5, 5.41) is 17.4. The SMILES string of the molecule is COCCN(CCC#N)c1ccc(C=CC(=O)O)c(C)c1. The third-order valence-electron chi connectivity index (χ3n) is 3.08. The Hall–Kier alpha value is -2.32. The molecule has 5 nitrogen and oxygen atoms in total. The van der Waals surface area contributed by atoms with E-state index in [9.17, 15) is 4.79 Å². The van der Waals surface area contributed by atoms with Crippen molar-refractivity contribution in [2.24, 2.45) is 0 Å². The van der Waals surface area contributed by atoms with Gasteiger partial charge in [0.2, 0.25) is 0 Å². The minimum atomic E-state index is -0.964. The van der Waals surface area contributed by atoms with E-state index < -0.39 is 5.97 Å². The number of carboxylic acids is 1. The van der Waals surface area contributed by atoms with Gasteiger partial charge in [-0.3, -0.25) is 0 Å². The smallest absolute Gasteiger partial charge is 0.328 e. The number of aryl methyl sites for hydroxylation is 1. The highest BCUT2D eigenvalue weighted by Crippen LogP contribution is 2.20. The van der Waals surface area contributed by atoms with Crippen molar-refractivity contribution in [3.63, 3.8) is 0 Å². The molecule has 0 bridgehead atoms. The van der Waals surface area contributed by atoms with Crippen LogP contribution in [0.5, 0.6) is 0 Å². The third kappa shape index (κ3) is 5.67. The summed E-state index contributed by atoms with van der Waals surface area (Å²) in [5.74, 6) is -0.964. The standard InChI is InChI=1S/C16H20N2O3/c1-13-12-15(6-4-14(13)5-7-16(19)20)18(9-3-8-17)10-11-21-2/h4-7,12H,3,9-11H2,1-2H3,(H,19,20). The lowest BCUT2D eigenvalue weighted by Gasteiger charge is -2.24. The fourth-order valence-electron chi connectivity index (χ4n) is 1.96. The molecular formula is C16H20N2O3. The van der Waals surface area contributed by atoms with Crippen LogP contribution in [-0.2, 0) is 9.53 Å². The molecule has 1 aromatic rings. The van der Waals surface area contributed by atoms with Crippen molar-refractivity contribution in [2.45, 2.75) is 13.3 Å². The van der Waals surface area contributed by atoms with Crippen molar-refractivity contribution < 1.29 is 14.6 Å². The van der Waals surface area contributed by atoms with E-state index in [-0.39, 0.29) is 0 Å². The predicted molar refractivity (Wildman–Crippen MR) is 82.2 cm³/mol. The Morgan fingerprint density at radius 3 is 2.81 bits per heavy atom. The van der Waals surface area contributed by atoms with Gasteiger partial charge in [-0.1, -0.05) is 6.07 Å². The van der Waals surface area contributed by atoms with Crippen LogP contribution in [0.3, 0.4) is 0 Å². The van der Waals surface area contributed by atoms with E-state index in [0.717, 1.165) is 22.9 Å². The van der Waals surface area contributed by atoms with Gasteiger partial charge in [0.15, 0.2) is 0 Å². The highest BCUT2D eigenvalue weighted by molar-refractivity contribution is 5.85. The average Bonchev–Trinajstić information content (AvgIpc) is 2.46. The Morgan fingerprint density at radius 2 is 2.24 bits per heavy atom. The van der Waals surface area contributed by atoms with Gasteiger partial charge in [0.25, 0.3) is 0 Å². The summed E-state index contributed by atoms with van der Waals surface area (Å²) in [5.41, 5.74) is 2.87. The number of nitriles is 1. The number of ether oxygens (including phenoxy) is 1. The molecule has 0 heterocycles. The van der Waals surface area contributed by atoms with Crippen LogP contribution in [0.25, 0.3) is 6.08 Å². The summed E-state index contributed by atoms with van der Waals surface area (Å²) in [6, 6.07) is 7.96. The van der Waals surface area contributed by atoms with Gasteiger partial charge >= 0.3 is 5.97 Å². The Morgan fingerprint density at radius 1 is 1.48 bits per heavy atom. The number of methoxy groups -OCH3 is 1.